The zero-order chi connectivity index (χ0) is 21.7. The molecule has 30 heavy (non-hydrogen) atoms. The monoisotopic (exact) mass is 432 g/mol. The molecule has 0 saturated carbocycles. The molecule has 4 N–H and O–H groups in total. The molecule has 0 fully saturated rings. The summed E-state index contributed by atoms with van der Waals surface area (Å²) >= 11 is 0.766. The van der Waals surface area contributed by atoms with Crippen LogP contribution in [0.5, 0.6) is 5.75 Å². The lowest BCUT2D eigenvalue weighted by Gasteiger charge is -2.07. The predicted molar refractivity (Wildman–Crippen MR) is 108 cm³/mol. The molecule has 1 heterocycles. The summed E-state index contributed by atoms with van der Waals surface area (Å²) in [7, 11) is 1.55. The molecule has 7 nitrogen and oxygen atoms in total. The maximum atomic E-state index is 13.2. The first kappa shape index (κ1) is 21.2. The predicted octanol–water partition coefficient (Wildman–Crippen LogP) is 2.87. The number of aromatic nitrogens is 1. The van der Waals surface area contributed by atoms with Crippen LogP contribution in [-0.2, 0) is 13.1 Å². The van der Waals surface area contributed by atoms with Gasteiger partial charge in [0.25, 0.3) is 11.8 Å². The number of amides is 2. The van der Waals surface area contributed by atoms with E-state index >= 15 is 0 Å². The summed E-state index contributed by atoms with van der Waals surface area (Å²) in [6, 6.07) is 10.1. The number of halogens is 2. The van der Waals surface area contributed by atoms with E-state index in [4.69, 9.17) is 10.5 Å². The van der Waals surface area contributed by atoms with Crippen molar-refractivity contribution >= 4 is 29.0 Å². The molecule has 3 aromatic rings. The molecule has 0 aliphatic heterocycles. The van der Waals surface area contributed by atoms with E-state index in [0.717, 1.165) is 35.3 Å². The van der Waals surface area contributed by atoms with Crippen molar-refractivity contribution in [1.82, 2.24) is 15.0 Å². The van der Waals surface area contributed by atoms with Crippen molar-refractivity contribution in [3.8, 4) is 5.75 Å². The molecule has 3 rings (SSSR count). The van der Waals surface area contributed by atoms with Crippen LogP contribution >= 0.6 is 11.5 Å². The van der Waals surface area contributed by atoms with Gasteiger partial charge < -0.3 is 21.1 Å². The number of hydrogen-bond donors (Lipinski definition) is 3. The maximum Gasteiger partial charge on any atom is 0.273 e. The van der Waals surface area contributed by atoms with Gasteiger partial charge in [-0.2, -0.15) is 4.37 Å². The Morgan fingerprint density at radius 3 is 2.40 bits per heavy atom. The number of nitrogens with zero attached hydrogens (tertiary/aromatic N) is 1. The van der Waals surface area contributed by atoms with Gasteiger partial charge in [-0.1, -0.05) is 12.1 Å². The van der Waals surface area contributed by atoms with Crippen LogP contribution in [0.3, 0.4) is 0 Å². The number of nitrogens with two attached hydrogens (primary N) is 1. The second kappa shape index (κ2) is 9.31. The van der Waals surface area contributed by atoms with Gasteiger partial charge in [0.2, 0.25) is 0 Å². The highest BCUT2D eigenvalue weighted by Gasteiger charge is 2.22. The third kappa shape index (κ3) is 5.09. The number of nitrogen functional groups attached to an aromatic ring is 1. The molecule has 2 amide bonds. The fourth-order valence-corrected chi connectivity index (χ4v) is 3.36. The van der Waals surface area contributed by atoms with Crippen molar-refractivity contribution < 1.29 is 23.1 Å². The highest BCUT2D eigenvalue weighted by atomic mass is 32.1. The Labute approximate surface area is 175 Å². The second-order valence-corrected chi connectivity index (χ2v) is 7.04. The Hall–Kier alpha value is -3.53. The van der Waals surface area contributed by atoms with E-state index in [1.54, 1.807) is 25.3 Å². The average Bonchev–Trinajstić information content (AvgIpc) is 3.11. The Morgan fingerprint density at radius 2 is 1.70 bits per heavy atom. The number of hydrogen-bond acceptors (Lipinski definition) is 6. The Bertz CT molecular complexity index is 1070. The van der Waals surface area contributed by atoms with Crippen molar-refractivity contribution in [3.05, 3.63) is 75.8 Å². The van der Waals surface area contributed by atoms with E-state index in [1.807, 2.05) is 6.07 Å². The lowest BCUT2D eigenvalue weighted by molar-refractivity contribution is 0.0946. The third-order valence-electron chi connectivity index (χ3n) is 4.11. The van der Waals surface area contributed by atoms with Crippen LogP contribution < -0.4 is 21.1 Å². The van der Waals surface area contributed by atoms with E-state index in [0.29, 0.717) is 5.75 Å². The topological polar surface area (TPSA) is 106 Å². The minimum Gasteiger partial charge on any atom is -0.497 e. The van der Waals surface area contributed by atoms with Gasteiger partial charge in [-0.15, -0.1) is 0 Å². The summed E-state index contributed by atoms with van der Waals surface area (Å²) in [6.45, 7) is 0.113. The molecule has 0 aliphatic carbocycles. The average molecular weight is 432 g/mol. The normalized spacial score (nSPS) is 10.5. The minimum atomic E-state index is -0.744. The van der Waals surface area contributed by atoms with Gasteiger partial charge in [0, 0.05) is 19.2 Å². The van der Waals surface area contributed by atoms with Gasteiger partial charge in [0.05, 0.1) is 12.8 Å². The summed E-state index contributed by atoms with van der Waals surface area (Å²) in [4.78, 5) is 24.8. The van der Waals surface area contributed by atoms with Gasteiger partial charge in [-0.25, -0.2) is 8.78 Å². The number of carbonyl (C=O) groups is 2. The minimum absolute atomic E-state index is 0.0402. The number of carbonyl (C=O) groups excluding carboxylic acids is 2. The van der Waals surface area contributed by atoms with Crippen LogP contribution in [0.1, 0.15) is 31.3 Å². The van der Waals surface area contributed by atoms with E-state index in [2.05, 4.69) is 15.0 Å². The third-order valence-corrected chi connectivity index (χ3v) is 4.97. The number of benzene rings is 2. The zero-order valence-electron chi connectivity index (χ0n) is 15.9. The van der Waals surface area contributed by atoms with E-state index in [1.165, 1.54) is 0 Å². The van der Waals surface area contributed by atoms with Gasteiger partial charge in [-0.3, -0.25) is 9.59 Å². The lowest BCUT2D eigenvalue weighted by Crippen LogP contribution is -2.25. The highest BCUT2D eigenvalue weighted by Crippen LogP contribution is 2.22. The summed E-state index contributed by atoms with van der Waals surface area (Å²) in [6.07, 6.45) is 0. The number of methoxy groups -OCH3 is 1. The SMILES string of the molecule is COc1cccc(CNC(=O)c2nsc(C(=O)NCc3cc(F)cc(F)c3)c2N)c1. The van der Waals surface area contributed by atoms with Gasteiger partial charge in [0.15, 0.2) is 5.69 Å². The molecule has 2 aromatic carbocycles. The molecule has 0 radical (unpaired) electrons. The molecule has 0 atom stereocenters. The van der Waals surface area contributed by atoms with Gasteiger partial charge in [-0.05, 0) is 46.9 Å². The highest BCUT2D eigenvalue weighted by molar-refractivity contribution is 7.09. The molecular weight excluding hydrogens is 414 g/mol. The summed E-state index contributed by atoms with van der Waals surface area (Å²) < 4.78 is 35.6. The first-order valence-electron chi connectivity index (χ1n) is 8.77. The molecule has 0 spiro atoms. The van der Waals surface area contributed by atoms with Crippen LogP contribution in [0, 0.1) is 11.6 Å². The maximum absolute atomic E-state index is 13.2. The summed E-state index contributed by atoms with van der Waals surface area (Å²) in [5.41, 5.74) is 6.86. The van der Waals surface area contributed by atoms with Crippen LogP contribution in [-0.4, -0.2) is 23.3 Å². The van der Waals surface area contributed by atoms with Crippen molar-refractivity contribution in [2.75, 3.05) is 12.8 Å². The van der Waals surface area contributed by atoms with Crippen molar-refractivity contribution in [1.29, 1.82) is 0 Å². The molecule has 0 aliphatic rings. The standard InChI is InChI=1S/C20H18F2N4O3S/c1-29-15-4-2-3-11(7-15)9-24-19(27)17-16(23)18(30-26-17)20(28)25-10-12-5-13(21)8-14(22)6-12/h2-8H,9-10,23H2,1H3,(H,24,27)(H,25,28). The zero-order valence-corrected chi connectivity index (χ0v) is 16.7. The molecule has 0 unspecified atom stereocenters. The van der Waals surface area contributed by atoms with Crippen molar-refractivity contribution in [3.63, 3.8) is 0 Å². The Kier molecular flexibility index (Phi) is 6.58. The van der Waals surface area contributed by atoms with Crippen molar-refractivity contribution in [2.24, 2.45) is 0 Å². The first-order chi connectivity index (χ1) is 14.4. The fourth-order valence-electron chi connectivity index (χ4n) is 2.65. The van der Waals surface area contributed by atoms with E-state index in [-0.39, 0.29) is 34.9 Å². The Balaban J connectivity index is 1.62. The molecule has 0 bridgehead atoms. The number of rotatable bonds is 7. The van der Waals surface area contributed by atoms with Crippen LogP contribution in [0.25, 0.3) is 0 Å². The largest absolute Gasteiger partial charge is 0.497 e. The molecule has 156 valence electrons. The van der Waals surface area contributed by atoms with E-state index in [9.17, 15) is 18.4 Å². The van der Waals surface area contributed by atoms with Crippen LogP contribution in [0.15, 0.2) is 42.5 Å². The van der Waals surface area contributed by atoms with Crippen LogP contribution in [0.4, 0.5) is 14.5 Å². The lowest BCUT2D eigenvalue weighted by atomic mass is 10.2. The summed E-state index contributed by atoms with van der Waals surface area (Å²) in [5.74, 6) is -1.95. The quantitative estimate of drug-likeness (QED) is 0.532. The van der Waals surface area contributed by atoms with Gasteiger partial charge >= 0.3 is 0 Å². The first-order valence-corrected chi connectivity index (χ1v) is 9.54. The fraction of sp³-hybridized carbons (Fsp3) is 0.150. The van der Waals surface area contributed by atoms with Gasteiger partial charge in [0.1, 0.15) is 22.3 Å². The van der Waals surface area contributed by atoms with Crippen molar-refractivity contribution in [2.45, 2.75) is 13.1 Å². The molecule has 0 saturated heterocycles. The number of ether oxygens (including phenoxy) is 1. The molecule has 1 aromatic heterocycles. The summed E-state index contributed by atoms with van der Waals surface area (Å²) in [5, 5.41) is 5.19. The number of anilines is 1. The van der Waals surface area contributed by atoms with Crippen LogP contribution in [0.2, 0.25) is 0 Å². The smallest absolute Gasteiger partial charge is 0.273 e. The second-order valence-electron chi connectivity index (χ2n) is 6.27. The number of nitrogens with one attached hydrogen (secondary N) is 2. The van der Waals surface area contributed by atoms with E-state index < -0.39 is 23.4 Å². The molecular formula is C20H18F2N4O3S. The molecule has 10 heteroatoms. The Morgan fingerprint density at radius 1 is 1.03 bits per heavy atom.